The predicted molar refractivity (Wildman–Crippen MR) is 68.9 cm³/mol. The molecule has 2 nitrogen and oxygen atoms in total. The van der Waals surface area contributed by atoms with Gasteiger partial charge in [-0.25, -0.2) is 4.39 Å². The molecule has 0 aliphatic heterocycles. The number of Topliss-reactive ketones (excluding diaryl/α,β-unsaturated/α-hetero) is 1. The maximum absolute atomic E-state index is 13.5. The summed E-state index contributed by atoms with van der Waals surface area (Å²) < 4.78 is 13.5. The number of carbonyl (C=O) groups excluding carboxylic acids is 2. The molecule has 0 bridgehead atoms. The van der Waals surface area contributed by atoms with Crippen molar-refractivity contribution in [2.24, 2.45) is 0 Å². The number of hydrogen-bond donors (Lipinski definition) is 0. The van der Waals surface area contributed by atoms with Crippen molar-refractivity contribution in [2.75, 3.05) is 0 Å². The van der Waals surface area contributed by atoms with Gasteiger partial charge in [0.05, 0.1) is 15.3 Å². The highest BCUT2D eigenvalue weighted by molar-refractivity contribution is 7.16. The van der Waals surface area contributed by atoms with Crippen molar-refractivity contribution >= 4 is 22.9 Å². The minimum absolute atomic E-state index is 0.0360. The number of carbonyl (C=O) groups is 2. The molecule has 0 amide bonds. The second kappa shape index (κ2) is 4.82. The molecule has 0 aliphatic rings. The summed E-state index contributed by atoms with van der Waals surface area (Å²) in [6.45, 7) is 3.22. The van der Waals surface area contributed by atoms with Gasteiger partial charge in [-0.2, -0.15) is 0 Å². The summed E-state index contributed by atoms with van der Waals surface area (Å²) in [6, 6.07) is 7.48. The van der Waals surface area contributed by atoms with Gasteiger partial charge in [-0.15, -0.1) is 11.3 Å². The Bertz CT molecular complexity index is 628. The molecule has 0 N–H and O–H groups in total. The maximum Gasteiger partial charge on any atom is 0.205 e. The van der Waals surface area contributed by atoms with Gasteiger partial charge in [0.1, 0.15) is 5.82 Å². The molecular weight excluding hydrogens is 251 g/mol. The van der Waals surface area contributed by atoms with Crippen LogP contribution in [-0.2, 0) is 0 Å². The zero-order chi connectivity index (χ0) is 13.3. The van der Waals surface area contributed by atoms with Gasteiger partial charge >= 0.3 is 0 Å². The third kappa shape index (κ3) is 2.24. The van der Waals surface area contributed by atoms with Crippen molar-refractivity contribution in [3.63, 3.8) is 0 Å². The SMILES string of the molecule is CC(=O)c1sc(C(=O)c2ccccc2F)cc1C. The lowest BCUT2D eigenvalue weighted by Crippen LogP contribution is -2.01. The third-order valence-corrected chi connectivity index (χ3v) is 3.92. The normalized spacial score (nSPS) is 10.4. The summed E-state index contributed by atoms with van der Waals surface area (Å²) in [5.41, 5.74) is 0.793. The zero-order valence-electron chi connectivity index (χ0n) is 9.99. The number of thiophene rings is 1. The van der Waals surface area contributed by atoms with Gasteiger partial charge in [-0.05, 0) is 37.6 Å². The van der Waals surface area contributed by atoms with Gasteiger partial charge in [0.2, 0.25) is 5.78 Å². The van der Waals surface area contributed by atoms with Crippen molar-refractivity contribution in [3.05, 3.63) is 57.0 Å². The van der Waals surface area contributed by atoms with Crippen molar-refractivity contribution < 1.29 is 14.0 Å². The lowest BCUT2D eigenvalue weighted by molar-refractivity contribution is 0.101. The monoisotopic (exact) mass is 262 g/mol. The van der Waals surface area contributed by atoms with E-state index in [1.165, 1.54) is 25.1 Å². The Kier molecular flexibility index (Phi) is 3.39. The molecule has 0 saturated heterocycles. The van der Waals surface area contributed by atoms with Crippen LogP contribution in [0.15, 0.2) is 30.3 Å². The molecule has 0 fully saturated rings. The van der Waals surface area contributed by atoms with Gasteiger partial charge < -0.3 is 0 Å². The van der Waals surface area contributed by atoms with Crippen LogP contribution < -0.4 is 0 Å². The van der Waals surface area contributed by atoms with Crippen molar-refractivity contribution in [3.8, 4) is 0 Å². The fourth-order valence-corrected chi connectivity index (χ4v) is 2.74. The lowest BCUT2D eigenvalue weighted by Gasteiger charge is -1.98. The smallest absolute Gasteiger partial charge is 0.205 e. The molecule has 0 unspecified atom stereocenters. The molecule has 4 heteroatoms. The molecule has 1 aromatic carbocycles. The van der Waals surface area contributed by atoms with E-state index in [-0.39, 0.29) is 17.1 Å². The van der Waals surface area contributed by atoms with Crippen molar-refractivity contribution in [1.29, 1.82) is 0 Å². The first-order valence-corrected chi connectivity index (χ1v) is 6.23. The van der Waals surface area contributed by atoms with Crippen molar-refractivity contribution in [1.82, 2.24) is 0 Å². The van der Waals surface area contributed by atoms with Crippen LogP contribution >= 0.6 is 11.3 Å². The first kappa shape index (κ1) is 12.6. The van der Waals surface area contributed by atoms with E-state index in [9.17, 15) is 14.0 Å². The second-order valence-electron chi connectivity index (χ2n) is 3.99. The predicted octanol–water partition coefficient (Wildman–Crippen LogP) is 3.63. The third-order valence-electron chi connectivity index (χ3n) is 2.58. The largest absolute Gasteiger partial charge is 0.294 e. The Hall–Kier alpha value is -1.81. The summed E-state index contributed by atoms with van der Waals surface area (Å²) >= 11 is 1.11. The van der Waals surface area contributed by atoms with Crippen LogP contribution in [0.3, 0.4) is 0 Å². The standard InChI is InChI=1S/C14H11FO2S/c1-8-7-12(18-14(8)9(2)16)13(17)10-5-3-4-6-11(10)15/h3-7H,1-2H3. The average molecular weight is 262 g/mol. The summed E-state index contributed by atoms with van der Waals surface area (Å²) in [7, 11) is 0. The number of halogens is 1. The van der Waals surface area contributed by atoms with E-state index in [4.69, 9.17) is 0 Å². The fraction of sp³-hybridized carbons (Fsp3) is 0.143. The Balaban J connectivity index is 2.44. The quantitative estimate of drug-likeness (QED) is 0.791. The highest BCUT2D eigenvalue weighted by Crippen LogP contribution is 2.25. The van der Waals surface area contributed by atoms with Crippen LogP contribution in [-0.4, -0.2) is 11.6 Å². The van der Waals surface area contributed by atoms with Crippen LogP contribution in [0.1, 0.15) is 37.4 Å². The molecule has 92 valence electrons. The lowest BCUT2D eigenvalue weighted by atomic mass is 10.1. The fourth-order valence-electron chi connectivity index (χ4n) is 1.72. The van der Waals surface area contributed by atoms with E-state index in [2.05, 4.69) is 0 Å². The number of rotatable bonds is 3. The molecule has 1 heterocycles. The number of ketones is 2. The second-order valence-corrected chi connectivity index (χ2v) is 5.04. The Morgan fingerprint density at radius 3 is 2.44 bits per heavy atom. The van der Waals surface area contributed by atoms with Gasteiger partial charge in [-0.3, -0.25) is 9.59 Å². The molecule has 0 aliphatic carbocycles. The summed E-state index contributed by atoms with van der Waals surface area (Å²) in [4.78, 5) is 24.4. The van der Waals surface area contributed by atoms with E-state index in [0.717, 1.165) is 16.9 Å². The molecule has 18 heavy (non-hydrogen) atoms. The Labute approximate surface area is 108 Å². The molecule has 2 rings (SSSR count). The van der Waals surface area contributed by atoms with Crippen LogP contribution in [0.2, 0.25) is 0 Å². The van der Waals surface area contributed by atoms with E-state index < -0.39 is 5.82 Å². The number of benzene rings is 1. The average Bonchev–Trinajstić information content (AvgIpc) is 2.71. The first-order valence-electron chi connectivity index (χ1n) is 5.41. The molecule has 0 atom stereocenters. The summed E-state index contributed by atoms with van der Waals surface area (Å²) in [5, 5.41) is 0. The summed E-state index contributed by atoms with van der Waals surface area (Å²) in [6.07, 6.45) is 0. The van der Waals surface area contributed by atoms with Crippen LogP contribution in [0.25, 0.3) is 0 Å². The van der Waals surface area contributed by atoms with Gasteiger partial charge in [0.25, 0.3) is 0 Å². The molecule has 0 saturated carbocycles. The van der Waals surface area contributed by atoms with Crippen LogP contribution in [0.5, 0.6) is 0 Å². The van der Waals surface area contributed by atoms with Crippen molar-refractivity contribution in [2.45, 2.75) is 13.8 Å². The molecule has 0 spiro atoms. The molecule has 2 aromatic rings. The molecule has 0 radical (unpaired) electrons. The minimum Gasteiger partial charge on any atom is -0.294 e. The molecule has 1 aromatic heterocycles. The van der Waals surface area contributed by atoms with Gasteiger partial charge in [-0.1, -0.05) is 12.1 Å². The number of hydrogen-bond acceptors (Lipinski definition) is 3. The zero-order valence-corrected chi connectivity index (χ0v) is 10.8. The first-order chi connectivity index (χ1) is 8.50. The van der Waals surface area contributed by atoms with Gasteiger partial charge in [0.15, 0.2) is 5.78 Å². The minimum atomic E-state index is -0.544. The number of aryl methyl sites for hydroxylation is 1. The highest BCUT2D eigenvalue weighted by Gasteiger charge is 2.18. The van der Waals surface area contributed by atoms with E-state index in [1.54, 1.807) is 19.1 Å². The van der Waals surface area contributed by atoms with E-state index in [1.807, 2.05) is 0 Å². The van der Waals surface area contributed by atoms with E-state index >= 15 is 0 Å². The Morgan fingerprint density at radius 2 is 1.89 bits per heavy atom. The van der Waals surface area contributed by atoms with Gasteiger partial charge in [0, 0.05) is 0 Å². The maximum atomic E-state index is 13.5. The Morgan fingerprint density at radius 1 is 1.22 bits per heavy atom. The van der Waals surface area contributed by atoms with Crippen LogP contribution in [0, 0.1) is 12.7 Å². The topological polar surface area (TPSA) is 34.1 Å². The van der Waals surface area contributed by atoms with Crippen LogP contribution in [0.4, 0.5) is 4.39 Å². The molecular formula is C14H11FO2S. The highest BCUT2D eigenvalue weighted by atomic mass is 32.1. The van der Waals surface area contributed by atoms with E-state index in [0.29, 0.717) is 9.75 Å². The summed E-state index contributed by atoms with van der Waals surface area (Å²) in [5.74, 6) is -1.00.